The molecule has 0 bridgehead atoms. The summed E-state index contributed by atoms with van der Waals surface area (Å²) in [6.45, 7) is 6.43. The van der Waals surface area contributed by atoms with Crippen molar-refractivity contribution < 1.29 is 33.7 Å². The van der Waals surface area contributed by atoms with Gasteiger partial charge in [-0.25, -0.2) is 4.98 Å². The van der Waals surface area contributed by atoms with Crippen molar-refractivity contribution in [3.63, 3.8) is 0 Å². The molecule has 238 valence electrons. The smallest absolute Gasteiger partial charge is 0.308 e. The molecule has 44 heavy (non-hydrogen) atoms. The van der Waals surface area contributed by atoms with Crippen LogP contribution in [0, 0.1) is 47.3 Å². The van der Waals surface area contributed by atoms with Crippen LogP contribution in [0.1, 0.15) is 90.3 Å². The highest BCUT2D eigenvalue weighted by molar-refractivity contribution is 6.05. The number of ether oxygens (including phenoxy) is 3. The Morgan fingerprint density at radius 1 is 1.11 bits per heavy atom. The number of rotatable bonds is 7. The monoisotopic (exact) mass is 606 g/mol. The third-order valence-corrected chi connectivity index (χ3v) is 12.5. The van der Waals surface area contributed by atoms with Gasteiger partial charge in [0, 0.05) is 36.7 Å². The average molecular weight is 607 g/mol. The number of allylic oxidation sites excluding steroid dienone is 2. The molecule has 0 spiro atoms. The lowest BCUT2D eigenvalue weighted by molar-refractivity contribution is -0.156. The molecule has 9 heteroatoms. The minimum absolute atomic E-state index is 0.0495. The molecule has 1 aromatic rings. The fourth-order valence-corrected chi connectivity index (χ4v) is 10.3. The lowest BCUT2D eigenvalue weighted by Crippen LogP contribution is -2.57. The van der Waals surface area contributed by atoms with Gasteiger partial charge < -0.3 is 23.9 Å². The second-order valence-corrected chi connectivity index (χ2v) is 14.7. The molecule has 0 radical (unpaired) electrons. The summed E-state index contributed by atoms with van der Waals surface area (Å²) in [5, 5.41) is 12.0. The van der Waals surface area contributed by atoms with E-state index in [1.807, 2.05) is 17.7 Å². The number of ketones is 2. The molecule has 1 N–H and O–H groups in total. The molecule has 0 saturated heterocycles. The minimum atomic E-state index is -0.663. The van der Waals surface area contributed by atoms with E-state index in [-0.39, 0.29) is 59.6 Å². The number of hydrogen-bond acceptors (Lipinski definition) is 8. The van der Waals surface area contributed by atoms with Crippen molar-refractivity contribution in [2.75, 3.05) is 6.61 Å². The van der Waals surface area contributed by atoms with Crippen LogP contribution in [-0.4, -0.2) is 51.2 Å². The number of aromatic nitrogens is 2. The molecule has 0 amide bonds. The van der Waals surface area contributed by atoms with E-state index >= 15 is 0 Å². The van der Waals surface area contributed by atoms with Gasteiger partial charge in [0.15, 0.2) is 11.5 Å². The van der Waals surface area contributed by atoms with Crippen molar-refractivity contribution in [2.45, 2.75) is 110 Å². The van der Waals surface area contributed by atoms with Crippen molar-refractivity contribution in [3.05, 3.63) is 41.4 Å². The zero-order valence-corrected chi connectivity index (χ0v) is 26.3. The number of aliphatic hydroxyl groups excluding tert-OH is 1. The lowest BCUT2D eigenvalue weighted by atomic mass is 9.46. The molecule has 4 saturated carbocycles. The van der Waals surface area contributed by atoms with E-state index in [1.165, 1.54) is 6.42 Å². The third-order valence-electron chi connectivity index (χ3n) is 12.5. The van der Waals surface area contributed by atoms with Crippen LogP contribution < -0.4 is 0 Å². The highest BCUT2D eigenvalue weighted by Crippen LogP contribution is 2.68. The van der Waals surface area contributed by atoms with Crippen LogP contribution in [0.15, 0.2) is 35.6 Å². The Balaban J connectivity index is 1.06. The van der Waals surface area contributed by atoms with Crippen molar-refractivity contribution in [1.29, 1.82) is 0 Å². The SMILES string of the molecule is Cc1nccn1CCC(=O)OCC(=O)[C@H]1CCC2C3CCC4=CC(=O)C5=C(O[C@@H](C6CCCCC6)O5)[C@]4(C)C3[C@@H](O)C[C@@]21C. The average Bonchev–Trinajstić information content (AvgIpc) is 3.73. The number of esters is 1. The summed E-state index contributed by atoms with van der Waals surface area (Å²) < 4.78 is 20.2. The van der Waals surface area contributed by atoms with Gasteiger partial charge in [0.25, 0.3) is 0 Å². The van der Waals surface area contributed by atoms with Crippen molar-refractivity contribution in [2.24, 2.45) is 40.4 Å². The first-order valence-electron chi connectivity index (χ1n) is 16.8. The Hall–Kier alpha value is -2.94. The van der Waals surface area contributed by atoms with Crippen molar-refractivity contribution in [1.82, 2.24) is 9.55 Å². The fraction of sp³-hybridized carbons (Fsp3) is 0.714. The molecular weight excluding hydrogens is 560 g/mol. The quantitative estimate of drug-likeness (QED) is 0.421. The van der Waals surface area contributed by atoms with Crippen molar-refractivity contribution in [3.8, 4) is 0 Å². The molecule has 1 aromatic heterocycles. The summed E-state index contributed by atoms with van der Waals surface area (Å²) in [6.07, 6.45) is 13.7. The van der Waals surface area contributed by atoms with Crippen LogP contribution in [0.25, 0.3) is 0 Å². The van der Waals surface area contributed by atoms with Gasteiger partial charge in [-0.05, 0) is 82.1 Å². The Bertz CT molecular complexity index is 1410. The molecule has 8 atom stereocenters. The maximum absolute atomic E-state index is 13.6. The minimum Gasteiger partial charge on any atom is -0.458 e. The number of carbonyl (C=O) groups is 3. The molecule has 2 heterocycles. The van der Waals surface area contributed by atoms with E-state index in [9.17, 15) is 19.5 Å². The van der Waals surface area contributed by atoms with Gasteiger partial charge in [0.2, 0.25) is 17.8 Å². The van der Waals surface area contributed by atoms with Crippen LogP contribution in [0.5, 0.6) is 0 Å². The van der Waals surface area contributed by atoms with Gasteiger partial charge in [0.05, 0.1) is 17.9 Å². The summed E-state index contributed by atoms with van der Waals surface area (Å²) in [5.74, 6) is 1.59. The maximum Gasteiger partial charge on any atom is 0.308 e. The van der Waals surface area contributed by atoms with Crippen LogP contribution in [0.2, 0.25) is 0 Å². The molecule has 5 aliphatic carbocycles. The van der Waals surface area contributed by atoms with Gasteiger partial charge in [-0.3, -0.25) is 14.4 Å². The molecule has 4 fully saturated rings. The van der Waals surface area contributed by atoms with Crippen LogP contribution in [0.4, 0.5) is 0 Å². The van der Waals surface area contributed by atoms with Crippen LogP contribution >= 0.6 is 0 Å². The number of nitrogens with zero attached hydrogens (tertiary/aromatic N) is 2. The van der Waals surface area contributed by atoms with Crippen LogP contribution in [-0.2, 0) is 35.1 Å². The summed E-state index contributed by atoms with van der Waals surface area (Å²) in [6, 6.07) is 0. The number of Topliss-reactive ketones (excluding diaryl/α,β-unsaturated/α-hetero) is 1. The number of carbonyl (C=O) groups excluding carboxylic acids is 3. The van der Waals surface area contributed by atoms with Gasteiger partial charge in [-0.15, -0.1) is 0 Å². The number of fused-ring (bicyclic) bond motifs is 6. The third kappa shape index (κ3) is 4.67. The predicted molar refractivity (Wildman–Crippen MR) is 159 cm³/mol. The van der Waals surface area contributed by atoms with E-state index in [4.69, 9.17) is 14.2 Å². The topological polar surface area (TPSA) is 117 Å². The summed E-state index contributed by atoms with van der Waals surface area (Å²) in [5.41, 5.74) is 0.0534. The first kappa shape index (κ1) is 29.8. The normalized spacial score (nSPS) is 38.1. The Kier molecular flexibility index (Phi) is 7.54. The zero-order chi connectivity index (χ0) is 30.8. The number of aryl methyl sites for hydroxylation is 2. The highest BCUT2D eigenvalue weighted by atomic mass is 16.7. The number of imidazole rings is 1. The van der Waals surface area contributed by atoms with E-state index in [0.29, 0.717) is 24.5 Å². The first-order chi connectivity index (χ1) is 21.1. The van der Waals surface area contributed by atoms with Gasteiger partial charge in [-0.2, -0.15) is 0 Å². The predicted octanol–water partition coefficient (Wildman–Crippen LogP) is 5.20. The second kappa shape index (κ2) is 11.1. The fourth-order valence-electron chi connectivity index (χ4n) is 10.3. The lowest BCUT2D eigenvalue weighted by Gasteiger charge is -2.59. The Morgan fingerprint density at radius 3 is 2.66 bits per heavy atom. The van der Waals surface area contributed by atoms with Crippen molar-refractivity contribution >= 4 is 17.5 Å². The van der Waals surface area contributed by atoms with Crippen LogP contribution in [0.3, 0.4) is 0 Å². The Morgan fingerprint density at radius 2 is 1.91 bits per heavy atom. The first-order valence-corrected chi connectivity index (χ1v) is 16.8. The Labute approximate surface area is 259 Å². The van der Waals surface area contributed by atoms with E-state index < -0.39 is 23.8 Å². The largest absolute Gasteiger partial charge is 0.458 e. The molecule has 1 aliphatic heterocycles. The number of hydrogen-bond donors (Lipinski definition) is 1. The van der Waals surface area contributed by atoms with Gasteiger partial charge >= 0.3 is 5.97 Å². The van der Waals surface area contributed by atoms with Gasteiger partial charge in [-0.1, -0.05) is 31.8 Å². The van der Waals surface area contributed by atoms with E-state index in [0.717, 1.165) is 62.8 Å². The molecule has 3 unspecified atom stereocenters. The molecule has 7 rings (SSSR count). The summed E-state index contributed by atoms with van der Waals surface area (Å²) >= 11 is 0. The van der Waals surface area contributed by atoms with E-state index in [1.54, 1.807) is 12.3 Å². The summed E-state index contributed by atoms with van der Waals surface area (Å²) in [7, 11) is 0. The molecular formula is C35H46N2O7. The molecule has 9 nitrogen and oxygen atoms in total. The van der Waals surface area contributed by atoms with Gasteiger partial charge in [0.1, 0.15) is 12.4 Å². The van der Waals surface area contributed by atoms with E-state index in [2.05, 4.69) is 18.8 Å². The number of aliphatic hydroxyl groups is 1. The second-order valence-electron chi connectivity index (χ2n) is 14.7. The highest BCUT2D eigenvalue weighted by Gasteiger charge is 2.66. The standard InChI is InChI=1S/C35H46N2O7/c1-20-36-14-16-37(20)15-13-29(41)42-19-28(40)25-12-11-24-23-10-9-22-17-26(38)31-32(44-33(43-31)21-7-5-4-6-8-21)35(22,3)30(23)27(39)18-34(24,25)2/h14,16-17,21,23-25,27,30,33,39H,4-13,15,18-19H2,1-3H3/t23?,24?,25-,27+,30?,33+,34+,35+/m1/s1. The maximum atomic E-state index is 13.6. The summed E-state index contributed by atoms with van der Waals surface area (Å²) in [4.78, 5) is 43.5. The zero-order valence-electron chi connectivity index (χ0n) is 26.3. The molecule has 0 aromatic carbocycles. The molecule has 6 aliphatic rings.